The summed E-state index contributed by atoms with van der Waals surface area (Å²) < 4.78 is 5.37. The highest BCUT2D eigenvalue weighted by Gasteiger charge is 2.09. The van der Waals surface area contributed by atoms with Crippen LogP contribution >= 0.6 is 0 Å². The molecule has 2 nitrogen and oxygen atoms in total. The molecule has 0 saturated heterocycles. The lowest BCUT2D eigenvalue weighted by Gasteiger charge is -2.18. The fourth-order valence-electron chi connectivity index (χ4n) is 1.17. The monoisotopic (exact) mass is 188 g/mol. The summed E-state index contributed by atoms with van der Waals surface area (Å²) in [4.78, 5) is 0. The summed E-state index contributed by atoms with van der Waals surface area (Å²) in [6, 6.07) is 0. The molecule has 0 radical (unpaired) electrons. The third kappa shape index (κ3) is 7.03. The standard InChI is InChI=1S/C11H24O2/c1-9(2)10(3)5-6-11(4)13-8-7-12/h9-12H,5-8H2,1-4H3. The minimum atomic E-state index is 0.129. The topological polar surface area (TPSA) is 29.5 Å². The average Bonchev–Trinajstić information content (AvgIpc) is 2.10. The molecular weight excluding hydrogens is 164 g/mol. The molecular formula is C11H24O2. The zero-order valence-corrected chi connectivity index (χ0v) is 9.42. The van der Waals surface area contributed by atoms with Gasteiger partial charge in [0.25, 0.3) is 0 Å². The van der Waals surface area contributed by atoms with E-state index in [1.54, 1.807) is 0 Å². The van der Waals surface area contributed by atoms with E-state index in [-0.39, 0.29) is 12.7 Å². The predicted octanol–water partition coefficient (Wildman–Crippen LogP) is 2.46. The maximum absolute atomic E-state index is 8.56. The van der Waals surface area contributed by atoms with Crippen molar-refractivity contribution in [1.82, 2.24) is 0 Å². The first-order valence-corrected chi connectivity index (χ1v) is 5.30. The van der Waals surface area contributed by atoms with Crippen molar-refractivity contribution in [2.75, 3.05) is 13.2 Å². The summed E-state index contributed by atoms with van der Waals surface area (Å²) in [6.45, 7) is 9.46. The van der Waals surface area contributed by atoms with Crippen LogP contribution in [0, 0.1) is 11.8 Å². The molecule has 0 fully saturated rings. The lowest BCUT2D eigenvalue weighted by atomic mass is 9.92. The molecule has 0 aromatic carbocycles. The molecule has 0 aromatic heterocycles. The second-order valence-corrected chi connectivity index (χ2v) is 4.20. The van der Waals surface area contributed by atoms with Crippen LogP contribution in [0.5, 0.6) is 0 Å². The lowest BCUT2D eigenvalue weighted by Crippen LogP contribution is -2.14. The number of rotatable bonds is 7. The van der Waals surface area contributed by atoms with E-state index in [2.05, 4.69) is 27.7 Å². The highest BCUT2D eigenvalue weighted by Crippen LogP contribution is 2.17. The van der Waals surface area contributed by atoms with Gasteiger partial charge in [-0.25, -0.2) is 0 Å². The molecule has 0 saturated carbocycles. The molecule has 13 heavy (non-hydrogen) atoms. The summed E-state index contributed by atoms with van der Waals surface area (Å²) in [7, 11) is 0. The summed E-state index contributed by atoms with van der Waals surface area (Å²) in [5.41, 5.74) is 0. The van der Waals surface area contributed by atoms with E-state index in [0.29, 0.717) is 6.61 Å². The Kier molecular flexibility index (Phi) is 7.29. The van der Waals surface area contributed by atoms with Crippen molar-refractivity contribution < 1.29 is 9.84 Å². The minimum Gasteiger partial charge on any atom is -0.394 e. The number of hydrogen-bond donors (Lipinski definition) is 1. The van der Waals surface area contributed by atoms with Crippen LogP contribution in [0.15, 0.2) is 0 Å². The maximum atomic E-state index is 8.56. The summed E-state index contributed by atoms with van der Waals surface area (Å²) in [5.74, 6) is 1.52. The molecule has 80 valence electrons. The zero-order valence-electron chi connectivity index (χ0n) is 9.42. The number of hydrogen-bond acceptors (Lipinski definition) is 2. The molecule has 0 bridgehead atoms. The van der Waals surface area contributed by atoms with Gasteiger partial charge in [0.2, 0.25) is 0 Å². The van der Waals surface area contributed by atoms with Crippen molar-refractivity contribution in [2.45, 2.75) is 46.6 Å². The minimum absolute atomic E-state index is 0.129. The van der Waals surface area contributed by atoms with Gasteiger partial charge in [-0.3, -0.25) is 0 Å². The van der Waals surface area contributed by atoms with Gasteiger partial charge in [-0.05, 0) is 31.6 Å². The number of aliphatic hydroxyl groups excluding tert-OH is 1. The molecule has 0 heterocycles. The molecule has 0 aliphatic heterocycles. The van der Waals surface area contributed by atoms with Crippen LogP contribution < -0.4 is 0 Å². The molecule has 0 amide bonds. The van der Waals surface area contributed by atoms with Crippen molar-refractivity contribution in [2.24, 2.45) is 11.8 Å². The van der Waals surface area contributed by atoms with E-state index in [1.165, 1.54) is 6.42 Å². The van der Waals surface area contributed by atoms with E-state index >= 15 is 0 Å². The first-order chi connectivity index (χ1) is 6.07. The highest BCUT2D eigenvalue weighted by molar-refractivity contribution is 4.60. The van der Waals surface area contributed by atoms with Gasteiger partial charge < -0.3 is 9.84 Å². The summed E-state index contributed by atoms with van der Waals surface area (Å²) in [5, 5.41) is 8.56. The number of ether oxygens (including phenoxy) is 1. The highest BCUT2D eigenvalue weighted by atomic mass is 16.5. The lowest BCUT2D eigenvalue weighted by molar-refractivity contribution is 0.0306. The van der Waals surface area contributed by atoms with Gasteiger partial charge in [-0.15, -0.1) is 0 Å². The Balaban J connectivity index is 3.40. The van der Waals surface area contributed by atoms with Crippen LogP contribution in [0.4, 0.5) is 0 Å². The Bertz CT molecular complexity index is 113. The number of aliphatic hydroxyl groups is 1. The second-order valence-electron chi connectivity index (χ2n) is 4.20. The van der Waals surface area contributed by atoms with Crippen molar-refractivity contribution in [3.8, 4) is 0 Å². The van der Waals surface area contributed by atoms with Gasteiger partial charge in [-0.2, -0.15) is 0 Å². The molecule has 2 unspecified atom stereocenters. The Morgan fingerprint density at radius 2 is 1.69 bits per heavy atom. The fraction of sp³-hybridized carbons (Fsp3) is 1.00. The van der Waals surface area contributed by atoms with E-state index in [0.717, 1.165) is 18.3 Å². The van der Waals surface area contributed by atoms with E-state index in [1.807, 2.05) is 0 Å². The van der Waals surface area contributed by atoms with Crippen LogP contribution in [-0.2, 0) is 4.74 Å². The van der Waals surface area contributed by atoms with Crippen LogP contribution in [0.3, 0.4) is 0 Å². The smallest absolute Gasteiger partial charge is 0.0701 e. The molecule has 1 N–H and O–H groups in total. The Hall–Kier alpha value is -0.0800. The summed E-state index contributed by atoms with van der Waals surface area (Å²) in [6.07, 6.45) is 2.59. The fourth-order valence-corrected chi connectivity index (χ4v) is 1.17. The first-order valence-electron chi connectivity index (χ1n) is 5.30. The second kappa shape index (κ2) is 7.34. The average molecular weight is 188 g/mol. The van der Waals surface area contributed by atoms with Gasteiger partial charge in [-0.1, -0.05) is 20.8 Å². The Morgan fingerprint density at radius 3 is 2.15 bits per heavy atom. The Labute approximate surface area is 82.3 Å². The first kappa shape index (κ1) is 12.9. The molecule has 0 aliphatic rings. The van der Waals surface area contributed by atoms with Crippen molar-refractivity contribution in [3.05, 3.63) is 0 Å². The third-order valence-corrected chi connectivity index (χ3v) is 2.66. The predicted molar refractivity (Wildman–Crippen MR) is 55.7 cm³/mol. The molecule has 0 spiro atoms. The van der Waals surface area contributed by atoms with E-state index in [4.69, 9.17) is 9.84 Å². The molecule has 0 aliphatic carbocycles. The van der Waals surface area contributed by atoms with Gasteiger partial charge >= 0.3 is 0 Å². The van der Waals surface area contributed by atoms with Crippen molar-refractivity contribution in [3.63, 3.8) is 0 Å². The largest absolute Gasteiger partial charge is 0.394 e. The van der Waals surface area contributed by atoms with Gasteiger partial charge in [0.05, 0.1) is 19.3 Å². The van der Waals surface area contributed by atoms with Gasteiger partial charge in [0.1, 0.15) is 0 Å². The molecule has 0 rings (SSSR count). The van der Waals surface area contributed by atoms with Crippen molar-refractivity contribution in [1.29, 1.82) is 0 Å². The normalized spacial score (nSPS) is 16.2. The maximum Gasteiger partial charge on any atom is 0.0701 e. The Morgan fingerprint density at radius 1 is 1.08 bits per heavy atom. The third-order valence-electron chi connectivity index (χ3n) is 2.66. The zero-order chi connectivity index (χ0) is 10.3. The van der Waals surface area contributed by atoms with E-state index in [9.17, 15) is 0 Å². The van der Waals surface area contributed by atoms with Crippen LogP contribution in [0.25, 0.3) is 0 Å². The van der Waals surface area contributed by atoms with Gasteiger partial charge in [0, 0.05) is 0 Å². The molecule has 0 aromatic rings. The summed E-state index contributed by atoms with van der Waals surface area (Å²) >= 11 is 0. The SMILES string of the molecule is CC(CCC(C)C(C)C)OCCO. The molecule has 2 heteroatoms. The van der Waals surface area contributed by atoms with Crippen molar-refractivity contribution >= 4 is 0 Å². The quantitative estimate of drug-likeness (QED) is 0.665. The van der Waals surface area contributed by atoms with Crippen LogP contribution in [-0.4, -0.2) is 24.4 Å². The van der Waals surface area contributed by atoms with Gasteiger partial charge in [0.15, 0.2) is 0 Å². The van der Waals surface area contributed by atoms with Crippen LogP contribution in [0.1, 0.15) is 40.5 Å². The van der Waals surface area contributed by atoms with E-state index < -0.39 is 0 Å². The van der Waals surface area contributed by atoms with Crippen LogP contribution in [0.2, 0.25) is 0 Å². The molecule has 2 atom stereocenters.